The lowest BCUT2D eigenvalue weighted by Gasteiger charge is -2.23. The lowest BCUT2D eigenvalue weighted by atomic mass is 10.1. The first-order valence-corrected chi connectivity index (χ1v) is 12.9. The minimum Gasteiger partial charge on any atom is -0.497 e. The van der Waals surface area contributed by atoms with Crippen molar-refractivity contribution in [1.82, 2.24) is 0 Å². The van der Waals surface area contributed by atoms with Crippen molar-refractivity contribution < 1.29 is 43.0 Å². The van der Waals surface area contributed by atoms with Crippen LogP contribution in [0.3, 0.4) is 0 Å². The van der Waals surface area contributed by atoms with E-state index in [0.29, 0.717) is 46.2 Å². The molecule has 9 heteroatoms. The predicted molar refractivity (Wildman–Crippen MR) is 143 cm³/mol. The van der Waals surface area contributed by atoms with Gasteiger partial charge in [0.15, 0.2) is 6.29 Å². The third kappa shape index (κ3) is 13.0. The molecule has 1 atom stereocenters. The molecular formula is C29H44O9. The number of benzene rings is 2. The van der Waals surface area contributed by atoms with E-state index in [9.17, 15) is 0 Å². The minimum atomic E-state index is -0.0821. The zero-order valence-corrected chi connectivity index (χ0v) is 23.2. The maximum Gasteiger partial charge on any atom is 0.158 e. The van der Waals surface area contributed by atoms with Gasteiger partial charge < -0.3 is 43.0 Å². The molecule has 1 aliphatic heterocycles. The van der Waals surface area contributed by atoms with Crippen LogP contribution in [0.4, 0.5) is 0 Å². The molecule has 0 aliphatic carbocycles. The van der Waals surface area contributed by atoms with Gasteiger partial charge in [-0.15, -0.1) is 0 Å². The molecule has 2 aromatic carbocycles. The molecule has 0 bridgehead atoms. The quantitative estimate of drug-likeness (QED) is 0.316. The van der Waals surface area contributed by atoms with Crippen LogP contribution in [-0.2, 0) is 54.8 Å². The van der Waals surface area contributed by atoms with Gasteiger partial charge in [-0.1, -0.05) is 12.1 Å². The summed E-state index contributed by atoms with van der Waals surface area (Å²) < 4.78 is 42.7. The van der Waals surface area contributed by atoms with Crippen LogP contribution >= 0.6 is 0 Å². The van der Waals surface area contributed by atoms with Crippen molar-refractivity contribution in [1.29, 1.82) is 0 Å². The van der Waals surface area contributed by atoms with Gasteiger partial charge in [0.1, 0.15) is 11.5 Å². The summed E-state index contributed by atoms with van der Waals surface area (Å²) in [6.45, 7) is 4.66. The average Bonchev–Trinajstić information content (AvgIpc) is 2.97. The summed E-state index contributed by atoms with van der Waals surface area (Å²) in [4.78, 5) is 0. The van der Waals surface area contributed by atoms with Crippen LogP contribution in [-0.4, -0.2) is 72.9 Å². The Kier molecular flexibility index (Phi) is 16.6. The van der Waals surface area contributed by atoms with Crippen molar-refractivity contribution in [3.8, 4) is 11.5 Å². The van der Waals surface area contributed by atoms with Crippen LogP contribution < -0.4 is 9.47 Å². The first-order chi connectivity index (χ1) is 18.6. The molecule has 0 radical (unpaired) electrons. The Morgan fingerprint density at radius 2 is 1.21 bits per heavy atom. The zero-order valence-electron chi connectivity index (χ0n) is 23.2. The summed E-state index contributed by atoms with van der Waals surface area (Å²) >= 11 is 0. The molecule has 1 heterocycles. The molecule has 0 amide bonds. The molecule has 0 saturated carbocycles. The normalized spacial score (nSPS) is 15.0. The Hall–Kier alpha value is -2.24. The largest absolute Gasteiger partial charge is 0.497 e. The molecule has 38 heavy (non-hydrogen) atoms. The maximum atomic E-state index is 9.08. The first-order valence-electron chi connectivity index (χ1n) is 12.9. The van der Waals surface area contributed by atoms with Crippen molar-refractivity contribution in [2.45, 2.75) is 52.0 Å². The van der Waals surface area contributed by atoms with E-state index in [1.807, 2.05) is 24.3 Å². The standard InChI is InChI=1S/C17H26O5.C12H18O4/c1-18-7-8-20-12-14-9-15(11-16(10-14)19-2)13-22-17-5-3-4-6-21-17;1-14-3-4-16-9-11-5-10(8-13)6-12(7-11)15-2/h9-11,17H,3-8,12-13H2,1-2H3;5-7,13H,3-4,8-9H2,1-2H3. The van der Waals surface area contributed by atoms with Crippen LogP contribution in [0.1, 0.15) is 41.5 Å². The van der Waals surface area contributed by atoms with E-state index in [2.05, 4.69) is 6.07 Å². The lowest BCUT2D eigenvalue weighted by molar-refractivity contribution is -0.168. The predicted octanol–water partition coefficient (Wildman–Crippen LogP) is 4.25. The number of aliphatic hydroxyl groups is 1. The van der Waals surface area contributed by atoms with Crippen LogP contribution in [0, 0.1) is 0 Å². The minimum absolute atomic E-state index is 0.00225. The molecule has 2 aromatic rings. The summed E-state index contributed by atoms with van der Waals surface area (Å²) in [6.07, 6.45) is 3.18. The van der Waals surface area contributed by atoms with Crippen LogP contribution in [0.5, 0.6) is 11.5 Å². The Bertz CT molecular complexity index is 862. The fourth-order valence-electron chi connectivity index (χ4n) is 3.73. The third-order valence-corrected chi connectivity index (χ3v) is 5.68. The summed E-state index contributed by atoms with van der Waals surface area (Å²) in [5, 5.41) is 9.08. The average molecular weight is 537 g/mol. The van der Waals surface area contributed by atoms with Crippen molar-refractivity contribution in [3.05, 3.63) is 58.7 Å². The van der Waals surface area contributed by atoms with Gasteiger partial charge in [-0.25, -0.2) is 0 Å². The number of aliphatic hydroxyl groups excluding tert-OH is 1. The fourth-order valence-corrected chi connectivity index (χ4v) is 3.73. The number of ether oxygens (including phenoxy) is 8. The Balaban J connectivity index is 0.000000281. The van der Waals surface area contributed by atoms with Gasteiger partial charge in [0.2, 0.25) is 0 Å². The topological polar surface area (TPSA) is 94.1 Å². The van der Waals surface area contributed by atoms with E-state index in [1.165, 1.54) is 6.42 Å². The van der Waals surface area contributed by atoms with E-state index < -0.39 is 0 Å². The van der Waals surface area contributed by atoms with Crippen molar-refractivity contribution in [2.24, 2.45) is 0 Å². The SMILES string of the molecule is COCCOCc1cc(CO)cc(OC)c1.COCCOCc1cc(COC2CCCCO2)cc(OC)c1. The van der Waals surface area contributed by atoms with Gasteiger partial charge in [-0.3, -0.25) is 0 Å². The molecule has 1 aliphatic rings. The molecule has 0 spiro atoms. The zero-order chi connectivity index (χ0) is 27.4. The number of hydrogen-bond acceptors (Lipinski definition) is 9. The molecule has 214 valence electrons. The molecular weight excluding hydrogens is 492 g/mol. The molecule has 3 rings (SSSR count). The monoisotopic (exact) mass is 536 g/mol. The Morgan fingerprint density at radius 3 is 1.68 bits per heavy atom. The van der Waals surface area contributed by atoms with Crippen LogP contribution in [0.15, 0.2) is 36.4 Å². The van der Waals surface area contributed by atoms with E-state index in [1.54, 1.807) is 34.5 Å². The van der Waals surface area contributed by atoms with Gasteiger partial charge in [0.25, 0.3) is 0 Å². The molecule has 9 nitrogen and oxygen atoms in total. The second-order valence-electron chi connectivity index (χ2n) is 8.73. The summed E-state index contributed by atoms with van der Waals surface area (Å²) in [6, 6.07) is 11.6. The second-order valence-corrected chi connectivity index (χ2v) is 8.73. The van der Waals surface area contributed by atoms with Crippen molar-refractivity contribution in [2.75, 3.05) is 61.5 Å². The third-order valence-electron chi connectivity index (χ3n) is 5.68. The Labute approximate surface area is 226 Å². The molecule has 1 saturated heterocycles. The summed E-state index contributed by atoms with van der Waals surface area (Å²) in [5.74, 6) is 1.55. The highest BCUT2D eigenvalue weighted by Gasteiger charge is 2.14. The van der Waals surface area contributed by atoms with Crippen molar-refractivity contribution >= 4 is 0 Å². The smallest absolute Gasteiger partial charge is 0.158 e. The van der Waals surface area contributed by atoms with Gasteiger partial charge >= 0.3 is 0 Å². The van der Waals surface area contributed by atoms with Gasteiger partial charge in [-0.2, -0.15) is 0 Å². The second kappa shape index (κ2) is 19.8. The molecule has 1 N–H and O–H groups in total. The Morgan fingerprint density at radius 1 is 0.684 bits per heavy atom. The summed E-state index contributed by atoms with van der Waals surface area (Å²) in [5.41, 5.74) is 3.95. The first kappa shape index (κ1) is 32.0. The van der Waals surface area contributed by atoms with Crippen LogP contribution in [0.2, 0.25) is 0 Å². The fraction of sp³-hybridized carbons (Fsp3) is 0.586. The lowest BCUT2D eigenvalue weighted by Crippen LogP contribution is -2.22. The van der Waals surface area contributed by atoms with Crippen molar-refractivity contribution in [3.63, 3.8) is 0 Å². The van der Waals surface area contributed by atoms with Gasteiger partial charge in [-0.05, 0) is 65.8 Å². The number of rotatable bonds is 16. The number of hydrogen-bond donors (Lipinski definition) is 1. The summed E-state index contributed by atoms with van der Waals surface area (Å²) in [7, 11) is 6.57. The van der Waals surface area contributed by atoms with E-state index in [4.69, 9.17) is 43.0 Å². The highest BCUT2D eigenvalue weighted by atomic mass is 16.7. The molecule has 1 unspecified atom stereocenters. The highest BCUT2D eigenvalue weighted by molar-refractivity contribution is 5.34. The van der Waals surface area contributed by atoms with E-state index in [-0.39, 0.29) is 12.9 Å². The number of methoxy groups -OCH3 is 4. The maximum absolute atomic E-state index is 9.08. The van der Waals surface area contributed by atoms with E-state index >= 15 is 0 Å². The van der Waals surface area contributed by atoms with Crippen LogP contribution in [0.25, 0.3) is 0 Å². The highest BCUT2D eigenvalue weighted by Crippen LogP contribution is 2.21. The van der Waals surface area contributed by atoms with E-state index in [0.717, 1.165) is 53.2 Å². The molecule has 0 aromatic heterocycles. The van der Waals surface area contributed by atoms with Gasteiger partial charge in [0.05, 0.1) is 67.1 Å². The van der Waals surface area contributed by atoms with Gasteiger partial charge in [0, 0.05) is 20.8 Å². The molecule has 1 fully saturated rings.